The highest BCUT2D eigenvalue weighted by atomic mass is 19.1. The van der Waals surface area contributed by atoms with Crippen LogP contribution in [0.2, 0.25) is 0 Å². The molecule has 1 aliphatic carbocycles. The maximum absolute atomic E-state index is 14.5. The number of aromatic nitrogens is 2. The Balaban J connectivity index is 1.46. The predicted octanol–water partition coefficient (Wildman–Crippen LogP) is 8.88. The van der Waals surface area contributed by atoms with E-state index in [0.29, 0.717) is 18.3 Å². The summed E-state index contributed by atoms with van der Waals surface area (Å²) in [6, 6.07) is 8.44. The van der Waals surface area contributed by atoms with Crippen LogP contribution in [0.1, 0.15) is 115 Å². The Morgan fingerprint density at radius 1 is 0.848 bits per heavy atom. The average molecular weight is 455 g/mol. The molecule has 1 aromatic heterocycles. The zero-order chi connectivity index (χ0) is 23.3. The van der Waals surface area contributed by atoms with E-state index in [0.717, 1.165) is 24.3 Å². The quantitative estimate of drug-likeness (QED) is 0.211. The van der Waals surface area contributed by atoms with Crippen molar-refractivity contribution in [1.29, 1.82) is 0 Å². The molecule has 0 aliphatic heterocycles. The Bertz CT molecular complexity index is 800. The van der Waals surface area contributed by atoms with Crippen LogP contribution >= 0.6 is 0 Å². The van der Waals surface area contributed by atoms with Gasteiger partial charge in [0.1, 0.15) is 0 Å². The van der Waals surface area contributed by atoms with Crippen LogP contribution in [0.5, 0.6) is 5.75 Å². The van der Waals surface area contributed by atoms with Crippen LogP contribution < -0.4 is 4.74 Å². The summed E-state index contributed by atoms with van der Waals surface area (Å²) in [7, 11) is 0. The van der Waals surface area contributed by atoms with Crippen LogP contribution in [0.15, 0.2) is 30.5 Å². The van der Waals surface area contributed by atoms with Crippen molar-refractivity contribution < 1.29 is 9.13 Å². The monoisotopic (exact) mass is 454 g/mol. The lowest BCUT2D eigenvalue weighted by Gasteiger charge is -2.29. The minimum atomic E-state index is -0.573. The summed E-state index contributed by atoms with van der Waals surface area (Å²) >= 11 is 0. The van der Waals surface area contributed by atoms with Crippen molar-refractivity contribution >= 4 is 0 Å². The molecular weight excluding hydrogens is 411 g/mol. The van der Waals surface area contributed by atoms with Crippen molar-refractivity contribution in [2.75, 3.05) is 6.61 Å². The second-order valence-electron chi connectivity index (χ2n) is 9.80. The molecule has 0 spiro atoms. The largest absolute Gasteiger partial charge is 0.487 e. The van der Waals surface area contributed by atoms with Gasteiger partial charge in [-0.05, 0) is 49.5 Å². The predicted molar refractivity (Wildman–Crippen MR) is 135 cm³/mol. The van der Waals surface area contributed by atoms with Crippen LogP contribution in [0, 0.1) is 11.9 Å². The molecule has 0 unspecified atom stereocenters. The minimum Gasteiger partial charge on any atom is -0.487 e. The van der Waals surface area contributed by atoms with E-state index in [1.165, 1.54) is 88.8 Å². The first-order valence-electron chi connectivity index (χ1n) is 13.5. The molecule has 0 radical (unpaired) electrons. The van der Waals surface area contributed by atoms with Gasteiger partial charge in [0, 0.05) is 5.56 Å². The van der Waals surface area contributed by atoms with Crippen molar-refractivity contribution in [3.63, 3.8) is 0 Å². The van der Waals surface area contributed by atoms with Gasteiger partial charge in [-0.25, -0.2) is 4.98 Å². The van der Waals surface area contributed by atoms with Gasteiger partial charge in [-0.1, -0.05) is 95.9 Å². The van der Waals surface area contributed by atoms with E-state index in [1.807, 2.05) is 12.1 Å². The summed E-state index contributed by atoms with van der Waals surface area (Å²) < 4.78 is 20.0. The summed E-state index contributed by atoms with van der Waals surface area (Å²) in [6.45, 7) is 5.01. The number of halogens is 1. The molecule has 0 N–H and O–H groups in total. The van der Waals surface area contributed by atoms with E-state index in [1.54, 1.807) is 0 Å². The zero-order valence-electron chi connectivity index (χ0n) is 20.8. The average Bonchev–Trinajstić information content (AvgIpc) is 2.85. The molecule has 1 aromatic carbocycles. The third kappa shape index (κ3) is 8.39. The Morgan fingerprint density at radius 2 is 1.52 bits per heavy atom. The lowest BCUT2D eigenvalue weighted by atomic mass is 9.77. The highest BCUT2D eigenvalue weighted by Gasteiger charge is 2.22. The van der Waals surface area contributed by atoms with Gasteiger partial charge < -0.3 is 4.74 Å². The van der Waals surface area contributed by atoms with E-state index in [-0.39, 0.29) is 5.75 Å². The fourth-order valence-corrected chi connectivity index (χ4v) is 5.02. The molecule has 1 saturated carbocycles. The number of benzene rings is 1. The molecule has 0 amide bonds. The Morgan fingerprint density at radius 3 is 2.21 bits per heavy atom. The van der Waals surface area contributed by atoms with Gasteiger partial charge in [-0.15, -0.1) is 0 Å². The fourth-order valence-electron chi connectivity index (χ4n) is 5.02. The Labute approximate surface area is 200 Å². The van der Waals surface area contributed by atoms with Crippen molar-refractivity contribution in [3.05, 3.63) is 42.0 Å². The lowest BCUT2D eigenvalue weighted by molar-refractivity contribution is 0.284. The first-order chi connectivity index (χ1) is 16.2. The molecule has 0 saturated heterocycles. The molecule has 3 nitrogen and oxygen atoms in total. The van der Waals surface area contributed by atoms with E-state index >= 15 is 0 Å². The molecule has 3 rings (SSSR count). The van der Waals surface area contributed by atoms with Gasteiger partial charge in [-0.3, -0.25) is 0 Å². The minimum absolute atomic E-state index is 0.152. The lowest BCUT2D eigenvalue weighted by Crippen LogP contribution is -2.13. The third-order valence-electron chi connectivity index (χ3n) is 7.17. The van der Waals surface area contributed by atoms with Crippen molar-refractivity contribution in [2.24, 2.45) is 5.92 Å². The van der Waals surface area contributed by atoms with Gasteiger partial charge >= 0.3 is 0 Å². The van der Waals surface area contributed by atoms with E-state index in [4.69, 9.17) is 4.74 Å². The molecule has 1 aliphatic rings. The maximum atomic E-state index is 14.5. The number of rotatable bonds is 14. The van der Waals surface area contributed by atoms with Crippen LogP contribution in [0.4, 0.5) is 4.39 Å². The smallest absolute Gasteiger partial charge is 0.258 e. The first-order valence-corrected chi connectivity index (χ1v) is 13.5. The molecule has 33 heavy (non-hydrogen) atoms. The molecule has 0 atom stereocenters. The van der Waals surface area contributed by atoms with Crippen molar-refractivity contribution in [3.8, 4) is 17.1 Å². The molecular formula is C29H43FN2O. The number of hydrogen-bond donors (Lipinski definition) is 0. The molecule has 2 aromatic rings. The summed E-state index contributed by atoms with van der Waals surface area (Å²) in [5, 5.41) is 0. The van der Waals surface area contributed by atoms with E-state index in [2.05, 4.69) is 35.9 Å². The number of unbranched alkanes of at least 4 members (excludes halogenated alkanes) is 7. The standard InChI is InChI=1S/C29H43FN2O/c1-3-5-7-8-9-11-21-33-27-22-31-29(32-28(27)30)26-19-17-25(18-20-26)24-15-13-23(14-16-24)12-10-6-4-2/h17-20,22-24H,3-16,21H2,1-2H3/t23-,24-. The topological polar surface area (TPSA) is 35.0 Å². The molecule has 0 bridgehead atoms. The van der Waals surface area contributed by atoms with Crippen LogP contribution in [-0.2, 0) is 0 Å². The maximum Gasteiger partial charge on any atom is 0.258 e. The van der Waals surface area contributed by atoms with E-state index < -0.39 is 5.95 Å². The number of ether oxygens (including phenoxy) is 1. The van der Waals surface area contributed by atoms with Gasteiger partial charge in [0.2, 0.25) is 0 Å². The highest BCUT2D eigenvalue weighted by molar-refractivity contribution is 5.55. The Kier molecular flexibility index (Phi) is 11.1. The normalized spacial score (nSPS) is 18.4. The second kappa shape index (κ2) is 14.3. The number of nitrogens with zero attached hydrogens (tertiary/aromatic N) is 2. The van der Waals surface area contributed by atoms with Gasteiger partial charge in [0.25, 0.3) is 5.95 Å². The summed E-state index contributed by atoms with van der Waals surface area (Å²) in [5.74, 6) is 1.57. The molecule has 4 heteroatoms. The highest BCUT2D eigenvalue weighted by Crippen LogP contribution is 2.38. The van der Waals surface area contributed by atoms with Crippen LogP contribution in [-0.4, -0.2) is 16.6 Å². The van der Waals surface area contributed by atoms with Crippen molar-refractivity contribution in [1.82, 2.24) is 9.97 Å². The third-order valence-corrected chi connectivity index (χ3v) is 7.17. The molecule has 1 fully saturated rings. The van der Waals surface area contributed by atoms with Gasteiger partial charge in [0.15, 0.2) is 11.6 Å². The van der Waals surface area contributed by atoms with Crippen LogP contribution in [0.25, 0.3) is 11.4 Å². The van der Waals surface area contributed by atoms with Gasteiger partial charge in [0.05, 0.1) is 12.8 Å². The fraction of sp³-hybridized carbons (Fsp3) is 0.655. The van der Waals surface area contributed by atoms with Crippen molar-refractivity contribution in [2.45, 2.75) is 110 Å². The first kappa shape index (κ1) is 25.6. The SMILES string of the molecule is CCCCCCCCOc1cnc(-c2ccc([C@H]3CC[C@H](CCCCC)CC3)cc2)nc1F. The molecule has 1 heterocycles. The zero-order valence-corrected chi connectivity index (χ0v) is 20.8. The van der Waals surface area contributed by atoms with Gasteiger partial charge in [-0.2, -0.15) is 9.37 Å². The Hall–Kier alpha value is -1.97. The molecule has 182 valence electrons. The summed E-state index contributed by atoms with van der Waals surface area (Å²) in [5.41, 5.74) is 2.25. The summed E-state index contributed by atoms with van der Waals surface area (Å²) in [6.07, 6.45) is 19.3. The van der Waals surface area contributed by atoms with E-state index in [9.17, 15) is 4.39 Å². The van der Waals surface area contributed by atoms with Crippen LogP contribution in [0.3, 0.4) is 0 Å². The number of hydrogen-bond acceptors (Lipinski definition) is 3. The summed E-state index contributed by atoms with van der Waals surface area (Å²) in [4.78, 5) is 8.43. The second-order valence-corrected chi connectivity index (χ2v) is 9.80.